The highest BCUT2D eigenvalue weighted by Crippen LogP contribution is 2.42. The molecule has 3 aliphatic rings. The molecule has 1 aromatic carbocycles. The molecule has 1 aliphatic carbocycles. The quantitative estimate of drug-likeness (QED) is 0.237. The largest absolute Gasteiger partial charge is 0.496 e. The van der Waals surface area contributed by atoms with Gasteiger partial charge < -0.3 is 35.1 Å². The van der Waals surface area contributed by atoms with Gasteiger partial charge in [0.1, 0.15) is 35.3 Å². The van der Waals surface area contributed by atoms with E-state index < -0.39 is 58.7 Å². The number of benzene rings is 1. The number of nitrogens with one attached hydrogen (secondary N) is 4. The lowest BCUT2D eigenvalue weighted by Crippen LogP contribution is -2.59. The SMILES string of the molecule is CCC[C@H](NC(=O)[C@@H]1C[C@]2(C=C(c3cc(Cl)c(OC)cc3OC)NO2)CN1C(=O)[C@@H](NC(=O)OC1CCCC1)C(C)(C)C)C(=O)C(=O)NC. The molecule has 2 fully saturated rings. The molecule has 1 saturated heterocycles. The normalized spacial score (nSPS) is 21.8. The van der Waals surface area contributed by atoms with Gasteiger partial charge in [0.25, 0.3) is 5.91 Å². The lowest BCUT2D eigenvalue weighted by Gasteiger charge is -2.35. The van der Waals surface area contributed by atoms with Crippen molar-refractivity contribution in [2.45, 2.75) is 102 Å². The third-order valence-electron chi connectivity index (χ3n) is 9.09. The maximum absolute atomic E-state index is 14.5. The number of hydroxylamine groups is 1. The number of nitrogens with zero attached hydrogens (tertiary/aromatic N) is 1. The second-order valence-electron chi connectivity index (χ2n) is 13.7. The van der Waals surface area contributed by atoms with Gasteiger partial charge in [-0.1, -0.05) is 45.7 Å². The standard InChI is InChI=1S/C34H48ClN5O9/c1-8-11-22(27(41)30(43)36-5)37-29(42)24-17-34(16-23(39-49-34)20-14-21(35)26(47-7)15-25(20)46-6)18-40(24)31(44)28(33(2,3)4)38-32(45)48-19-12-9-10-13-19/h14-16,19,22,24,28,39H,8-13,17-18H2,1-7H3,(H,36,43)(H,37,42)(H,38,45)/t22-,24-,28+,34+/m0/s1. The van der Waals surface area contributed by atoms with Crippen LogP contribution in [0.2, 0.25) is 5.02 Å². The predicted octanol–water partition coefficient (Wildman–Crippen LogP) is 3.26. The van der Waals surface area contributed by atoms with Crippen molar-refractivity contribution in [1.29, 1.82) is 0 Å². The van der Waals surface area contributed by atoms with Crippen molar-refractivity contribution >= 4 is 46.9 Å². The van der Waals surface area contributed by atoms with Crippen LogP contribution in [0.5, 0.6) is 11.5 Å². The molecule has 1 spiro atoms. The number of rotatable bonds is 12. The number of likely N-dealkylation sites (N-methyl/N-ethyl adjacent to an activating group) is 1. The summed E-state index contributed by atoms with van der Waals surface area (Å²) in [4.78, 5) is 74.1. The Balaban J connectivity index is 1.69. The van der Waals surface area contributed by atoms with Crippen molar-refractivity contribution in [2.75, 3.05) is 27.8 Å². The van der Waals surface area contributed by atoms with Crippen LogP contribution in [0.3, 0.4) is 0 Å². The number of hydrogen-bond acceptors (Lipinski definition) is 10. The molecule has 15 heteroatoms. The van der Waals surface area contributed by atoms with Crippen LogP contribution in [0.15, 0.2) is 18.2 Å². The summed E-state index contributed by atoms with van der Waals surface area (Å²) < 4.78 is 16.5. The van der Waals surface area contributed by atoms with Crippen LogP contribution in [-0.4, -0.2) is 92.1 Å². The molecule has 4 atom stereocenters. The van der Waals surface area contributed by atoms with Crippen LogP contribution in [0, 0.1) is 5.41 Å². The highest BCUT2D eigenvalue weighted by Gasteiger charge is 2.54. The van der Waals surface area contributed by atoms with E-state index in [1.807, 2.05) is 6.92 Å². The van der Waals surface area contributed by atoms with Gasteiger partial charge in [-0.15, -0.1) is 0 Å². The summed E-state index contributed by atoms with van der Waals surface area (Å²) in [5, 5.41) is 8.11. The summed E-state index contributed by atoms with van der Waals surface area (Å²) in [5.74, 6) is -1.96. The zero-order valence-corrected chi connectivity index (χ0v) is 30.0. The van der Waals surface area contributed by atoms with Crippen LogP contribution >= 0.6 is 11.6 Å². The zero-order chi connectivity index (χ0) is 36.1. The number of methoxy groups -OCH3 is 2. The Hall–Kier alpha value is -4.04. The first-order valence-corrected chi connectivity index (χ1v) is 17.0. The third kappa shape index (κ3) is 8.58. The maximum Gasteiger partial charge on any atom is 0.408 e. The fourth-order valence-electron chi connectivity index (χ4n) is 6.46. The molecule has 2 aliphatic heterocycles. The van der Waals surface area contributed by atoms with Crippen molar-refractivity contribution in [1.82, 2.24) is 26.3 Å². The lowest BCUT2D eigenvalue weighted by atomic mass is 9.85. The van der Waals surface area contributed by atoms with Gasteiger partial charge >= 0.3 is 6.09 Å². The van der Waals surface area contributed by atoms with Gasteiger partial charge in [-0.3, -0.25) is 29.5 Å². The number of hydrogen-bond donors (Lipinski definition) is 4. The van der Waals surface area contributed by atoms with Crippen molar-refractivity contribution < 1.29 is 43.0 Å². The lowest BCUT2D eigenvalue weighted by molar-refractivity contribution is -0.144. The van der Waals surface area contributed by atoms with Crippen LogP contribution in [0.25, 0.3) is 5.70 Å². The highest BCUT2D eigenvalue weighted by molar-refractivity contribution is 6.38. The topological polar surface area (TPSA) is 174 Å². The monoisotopic (exact) mass is 705 g/mol. The zero-order valence-electron chi connectivity index (χ0n) is 29.2. The molecule has 0 unspecified atom stereocenters. The number of carbonyl (C=O) groups excluding carboxylic acids is 5. The van der Waals surface area contributed by atoms with Crippen molar-refractivity contribution in [2.24, 2.45) is 5.41 Å². The van der Waals surface area contributed by atoms with Crippen molar-refractivity contribution in [3.63, 3.8) is 0 Å². The molecule has 1 saturated carbocycles. The Morgan fingerprint density at radius 1 is 1.08 bits per heavy atom. The summed E-state index contributed by atoms with van der Waals surface area (Å²) in [7, 11) is 4.32. The summed E-state index contributed by atoms with van der Waals surface area (Å²) in [6.07, 6.45) is 4.99. The van der Waals surface area contributed by atoms with Crippen LogP contribution in [0.4, 0.5) is 4.79 Å². The van der Waals surface area contributed by atoms with E-state index in [2.05, 4.69) is 21.4 Å². The Bertz CT molecular complexity index is 1470. The second-order valence-corrected chi connectivity index (χ2v) is 14.2. The summed E-state index contributed by atoms with van der Waals surface area (Å²) >= 11 is 6.44. The van der Waals surface area contributed by atoms with Gasteiger partial charge in [-0.2, -0.15) is 0 Å². The molecular formula is C34H48ClN5O9. The van der Waals surface area contributed by atoms with E-state index >= 15 is 0 Å². The number of likely N-dealkylation sites (tertiary alicyclic amines) is 1. The predicted molar refractivity (Wildman–Crippen MR) is 181 cm³/mol. The molecule has 14 nitrogen and oxygen atoms in total. The molecule has 4 amide bonds. The summed E-state index contributed by atoms with van der Waals surface area (Å²) in [6.45, 7) is 7.15. The van der Waals surface area contributed by atoms with Gasteiger partial charge in [0.15, 0.2) is 0 Å². The van der Waals surface area contributed by atoms with Gasteiger partial charge in [-0.05, 0) is 49.7 Å². The number of ketones is 1. The van der Waals surface area contributed by atoms with Gasteiger partial charge in [0.2, 0.25) is 17.6 Å². The molecule has 4 N–H and O–H groups in total. The molecular weight excluding hydrogens is 658 g/mol. The number of alkyl carbamates (subject to hydrolysis) is 1. The van der Waals surface area contributed by atoms with Crippen molar-refractivity contribution in [3.8, 4) is 11.5 Å². The number of carbonyl (C=O) groups is 5. The molecule has 0 aromatic heterocycles. The Morgan fingerprint density at radius 2 is 1.76 bits per heavy atom. The summed E-state index contributed by atoms with van der Waals surface area (Å²) in [5.41, 5.74) is 1.96. The van der Waals surface area contributed by atoms with Crippen molar-refractivity contribution in [3.05, 3.63) is 28.8 Å². The Morgan fingerprint density at radius 3 is 2.35 bits per heavy atom. The molecule has 4 rings (SSSR count). The van der Waals surface area contributed by atoms with E-state index in [0.29, 0.717) is 34.2 Å². The van der Waals surface area contributed by atoms with Crippen LogP contribution < -0.4 is 30.9 Å². The first-order valence-electron chi connectivity index (χ1n) is 16.6. The van der Waals surface area contributed by atoms with E-state index in [9.17, 15) is 24.0 Å². The fourth-order valence-corrected chi connectivity index (χ4v) is 6.70. The smallest absolute Gasteiger partial charge is 0.408 e. The molecule has 1 aromatic rings. The number of amides is 4. The Kier molecular flexibility index (Phi) is 12.1. The molecule has 0 radical (unpaired) electrons. The molecule has 2 heterocycles. The highest BCUT2D eigenvalue weighted by atomic mass is 35.5. The minimum Gasteiger partial charge on any atom is -0.496 e. The number of ether oxygens (including phenoxy) is 3. The summed E-state index contributed by atoms with van der Waals surface area (Å²) in [6, 6.07) is -0.0429. The Labute approximate surface area is 291 Å². The minimum atomic E-state index is -1.21. The molecule has 270 valence electrons. The van der Waals surface area contributed by atoms with Gasteiger partial charge in [0.05, 0.1) is 37.5 Å². The molecule has 0 bridgehead atoms. The van der Waals surface area contributed by atoms with Crippen LogP contribution in [-0.2, 0) is 28.8 Å². The van der Waals surface area contributed by atoms with E-state index in [-0.39, 0.29) is 25.5 Å². The number of Topliss-reactive ketones (excluding diaryl/α,β-unsaturated/α-hetero) is 1. The van der Waals surface area contributed by atoms with E-state index in [1.54, 1.807) is 39.0 Å². The second kappa shape index (κ2) is 15.7. The maximum atomic E-state index is 14.5. The fraction of sp³-hybridized carbons (Fsp3) is 0.618. The number of halogens is 1. The molecule has 49 heavy (non-hydrogen) atoms. The van der Waals surface area contributed by atoms with E-state index in [1.165, 1.54) is 26.2 Å². The first-order chi connectivity index (χ1) is 23.2. The average Bonchev–Trinajstić information content (AvgIpc) is 3.82. The van der Waals surface area contributed by atoms with E-state index in [4.69, 9.17) is 30.6 Å². The first kappa shape index (κ1) is 37.8. The minimum absolute atomic E-state index is 0.0102. The van der Waals surface area contributed by atoms with Crippen LogP contribution in [0.1, 0.15) is 78.2 Å². The third-order valence-corrected chi connectivity index (χ3v) is 9.38. The van der Waals surface area contributed by atoms with Gasteiger partial charge in [-0.25, -0.2) is 4.79 Å². The van der Waals surface area contributed by atoms with E-state index in [0.717, 1.165) is 25.7 Å². The average molecular weight is 706 g/mol. The van der Waals surface area contributed by atoms with Gasteiger partial charge in [0, 0.05) is 25.1 Å².